The molecule has 0 atom stereocenters. The van der Waals surface area contributed by atoms with Gasteiger partial charge in [-0.3, -0.25) is 0 Å². The van der Waals surface area contributed by atoms with Crippen molar-refractivity contribution in [2.45, 2.75) is 9.99 Å². The lowest BCUT2D eigenvalue weighted by Gasteiger charge is -1.99. The van der Waals surface area contributed by atoms with E-state index in [1.807, 2.05) is 9.44 Å². The van der Waals surface area contributed by atoms with Crippen LogP contribution in [0.1, 0.15) is 5.76 Å². The standard InChI is InChI=1S/C8H13N3O6S2/c1-9-18(13,14)7-4-8(19(15,16)10-2)17-6(7)5-11(3)12/h4-5,9-10H,1-3H3. The van der Waals surface area contributed by atoms with Gasteiger partial charge in [0.1, 0.15) is 11.9 Å². The summed E-state index contributed by atoms with van der Waals surface area (Å²) in [5.41, 5.74) is 0. The Hall–Kier alpha value is -1.43. The molecule has 9 nitrogen and oxygen atoms in total. The van der Waals surface area contributed by atoms with E-state index >= 15 is 0 Å². The smallest absolute Gasteiger partial charge is 0.273 e. The fraction of sp³-hybridized carbons (Fsp3) is 0.375. The summed E-state index contributed by atoms with van der Waals surface area (Å²) in [6.07, 6.45) is 0.818. The van der Waals surface area contributed by atoms with Crippen LogP contribution in [0.5, 0.6) is 0 Å². The van der Waals surface area contributed by atoms with Crippen molar-refractivity contribution >= 4 is 26.3 Å². The van der Waals surface area contributed by atoms with Crippen LogP contribution in [-0.4, -0.2) is 48.9 Å². The molecule has 0 fully saturated rings. The van der Waals surface area contributed by atoms with E-state index in [2.05, 4.69) is 0 Å². The number of hydrogen-bond donors (Lipinski definition) is 2. The van der Waals surface area contributed by atoms with Gasteiger partial charge in [-0.25, -0.2) is 31.0 Å². The van der Waals surface area contributed by atoms with Crippen LogP contribution >= 0.6 is 0 Å². The van der Waals surface area contributed by atoms with E-state index < -0.39 is 30.0 Å². The molecule has 0 bridgehead atoms. The number of nitrogens with zero attached hydrogens (tertiary/aromatic N) is 1. The highest BCUT2D eigenvalue weighted by molar-refractivity contribution is 7.90. The average molecular weight is 311 g/mol. The van der Waals surface area contributed by atoms with Crippen molar-refractivity contribution in [3.8, 4) is 0 Å². The van der Waals surface area contributed by atoms with Crippen LogP contribution in [0.4, 0.5) is 0 Å². The molecule has 19 heavy (non-hydrogen) atoms. The van der Waals surface area contributed by atoms with Gasteiger partial charge in [0.15, 0.2) is 0 Å². The summed E-state index contributed by atoms with van der Waals surface area (Å²) in [5, 5.41) is 10.3. The molecule has 0 amide bonds. The summed E-state index contributed by atoms with van der Waals surface area (Å²) in [4.78, 5) is -0.438. The SMILES string of the molecule is CNS(=O)(=O)c1cc(S(=O)(=O)NC)c(C=[N+](C)[O-])o1. The quantitative estimate of drug-likeness (QED) is 0.299. The molecule has 0 saturated heterocycles. The van der Waals surface area contributed by atoms with E-state index in [0.717, 1.165) is 33.4 Å². The first-order valence-electron chi connectivity index (χ1n) is 4.90. The van der Waals surface area contributed by atoms with Gasteiger partial charge in [0.2, 0.25) is 27.1 Å². The van der Waals surface area contributed by atoms with Crippen LogP contribution in [0.2, 0.25) is 0 Å². The van der Waals surface area contributed by atoms with Gasteiger partial charge in [-0.2, -0.15) is 0 Å². The average Bonchev–Trinajstić information content (AvgIpc) is 2.73. The minimum absolute atomic E-state index is 0.295. The topological polar surface area (TPSA) is 132 Å². The molecule has 0 aromatic carbocycles. The molecule has 1 rings (SSSR count). The lowest BCUT2D eigenvalue weighted by atomic mass is 10.5. The van der Waals surface area contributed by atoms with Gasteiger partial charge in [0.25, 0.3) is 10.0 Å². The van der Waals surface area contributed by atoms with Crippen molar-refractivity contribution in [2.24, 2.45) is 0 Å². The first-order chi connectivity index (χ1) is 8.64. The zero-order chi connectivity index (χ0) is 14.8. The molecular weight excluding hydrogens is 298 g/mol. The molecular formula is C8H13N3O6S2. The van der Waals surface area contributed by atoms with Crippen LogP contribution < -0.4 is 9.44 Å². The Bertz CT molecular complexity index is 697. The Morgan fingerprint density at radius 2 is 1.74 bits per heavy atom. The molecule has 11 heteroatoms. The zero-order valence-corrected chi connectivity index (χ0v) is 12.0. The second-order valence-electron chi connectivity index (χ2n) is 3.38. The molecule has 108 valence electrons. The van der Waals surface area contributed by atoms with E-state index in [1.165, 1.54) is 0 Å². The largest absolute Gasteiger partial charge is 0.624 e. The molecule has 1 aromatic rings. The maximum Gasteiger partial charge on any atom is 0.273 e. The van der Waals surface area contributed by atoms with Gasteiger partial charge < -0.3 is 9.62 Å². The molecule has 1 aromatic heterocycles. The maximum atomic E-state index is 11.7. The molecule has 0 aliphatic rings. The molecule has 0 spiro atoms. The summed E-state index contributed by atoms with van der Waals surface area (Å²) in [6, 6.07) is 0.826. The molecule has 0 unspecified atom stereocenters. The summed E-state index contributed by atoms with van der Waals surface area (Å²) in [7, 11) is -4.51. The van der Waals surface area contributed by atoms with Crippen molar-refractivity contribution in [1.82, 2.24) is 9.44 Å². The van der Waals surface area contributed by atoms with Gasteiger partial charge >= 0.3 is 0 Å². The normalized spacial score (nSPS) is 13.7. The Labute approximate surface area is 110 Å². The number of hydrogen-bond acceptors (Lipinski definition) is 6. The van der Waals surface area contributed by atoms with Crippen molar-refractivity contribution in [3.63, 3.8) is 0 Å². The maximum absolute atomic E-state index is 11.7. The first-order valence-corrected chi connectivity index (χ1v) is 7.86. The summed E-state index contributed by atoms with van der Waals surface area (Å²) in [5.74, 6) is -0.374. The molecule has 2 N–H and O–H groups in total. The summed E-state index contributed by atoms with van der Waals surface area (Å²) in [6.45, 7) is 0. The van der Waals surface area contributed by atoms with Gasteiger partial charge in [-0.1, -0.05) is 0 Å². The molecule has 0 radical (unpaired) electrons. The lowest BCUT2D eigenvalue weighted by Crippen LogP contribution is -2.20. The summed E-state index contributed by atoms with van der Waals surface area (Å²) < 4.78 is 55.7. The third-order valence-corrected chi connectivity index (χ3v) is 4.80. The fourth-order valence-electron chi connectivity index (χ4n) is 1.17. The van der Waals surface area contributed by atoms with Crippen LogP contribution in [-0.2, 0) is 20.0 Å². The van der Waals surface area contributed by atoms with Gasteiger partial charge in [-0.05, 0) is 14.1 Å². The number of rotatable bonds is 5. The Morgan fingerprint density at radius 1 is 1.21 bits per heavy atom. The van der Waals surface area contributed by atoms with Crippen molar-refractivity contribution < 1.29 is 26.0 Å². The number of furan rings is 1. The Morgan fingerprint density at radius 3 is 2.16 bits per heavy atom. The van der Waals surface area contributed by atoms with E-state index in [9.17, 15) is 22.0 Å². The Balaban J connectivity index is 3.59. The lowest BCUT2D eigenvalue weighted by molar-refractivity contribution is -0.417. The van der Waals surface area contributed by atoms with Crippen molar-refractivity contribution in [2.75, 3.05) is 21.1 Å². The van der Waals surface area contributed by atoms with Crippen LogP contribution in [0, 0.1) is 5.21 Å². The van der Waals surface area contributed by atoms with E-state index in [0.29, 0.717) is 4.74 Å². The second kappa shape index (κ2) is 5.28. The van der Waals surface area contributed by atoms with Gasteiger partial charge in [0.05, 0.1) is 0 Å². The fourth-order valence-corrected chi connectivity index (χ4v) is 2.76. The first kappa shape index (κ1) is 15.6. The number of nitrogens with one attached hydrogen (secondary N) is 2. The molecule has 0 saturated carbocycles. The van der Waals surface area contributed by atoms with E-state index in [-0.39, 0.29) is 5.76 Å². The molecule has 0 aliphatic carbocycles. The van der Waals surface area contributed by atoms with Crippen LogP contribution in [0.15, 0.2) is 20.5 Å². The monoisotopic (exact) mass is 311 g/mol. The van der Waals surface area contributed by atoms with Crippen LogP contribution in [0.3, 0.4) is 0 Å². The predicted molar refractivity (Wildman–Crippen MR) is 65.9 cm³/mol. The molecule has 1 heterocycles. The second-order valence-corrected chi connectivity index (χ2v) is 7.06. The van der Waals surface area contributed by atoms with Crippen LogP contribution in [0.25, 0.3) is 0 Å². The van der Waals surface area contributed by atoms with Gasteiger partial charge in [0, 0.05) is 6.07 Å². The van der Waals surface area contributed by atoms with Crippen molar-refractivity contribution in [1.29, 1.82) is 0 Å². The third kappa shape index (κ3) is 3.32. The highest BCUT2D eigenvalue weighted by Crippen LogP contribution is 2.22. The molecule has 0 aliphatic heterocycles. The minimum atomic E-state index is -3.95. The highest BCUT2D eigenvalue weighted by Gasteiger charge is 2.27. The predicted octanol–water partition coefficient (Wildman–Crippen LogP) is -1.35. The minimum Gasteiger partial charge on any atom is -0.624 e. The van der Waals surface area contributed by atoms with Crippen molar-refractivity contribution in [3.05, 3.63) is 17.0 Å². The van der Waals surface area contributed by atoms with E-state index in [1.54, 1.807) is 0 Å². The van der Waals surface area contributed by atoms with Gasteiger partial charge in [-0.15, -0.1) is 0 Å². The Kier molecular flexibility index (Phi) is 4.35. The highest BCUT2D eigenvalue weighted by atomic mass is 32.2. The third-order valence-electron chi connectivity index (χ3n) is 2.09. The summed E-state index contributed by atoms with van der Waals surface area (Å²) >= 11 is 0. The van der Waals surface area contributed by atoms with E-state index in [4.69, 9.17) is 4.42 Å². The number of hydroxylamine groups is 1. The number of sulfonamides is 2. The zero-order valence-electron chi connectivity index (χ0n) is 10.4.